The van der Waals surface area contributed by atoms with Crippen LogP contribution in [-0.4, -0.2) is 0 Å². The first-order valence-corrected chi connectivity index (χ1v) is 7.55. The van der Waals surface area contributed by atoms with Crippen molar-refractivity contribution >= 4 is 28.7 Å². The first-order chi connectivity index (χ1) is 8.84. The Hall–Kier alpha value is -1.09. The Bertz CT molecular complexity index is 557. The molecule has 0 saturated carbocycles. The van der Waals surface area contributed by atoms with Crippen LogP contribution in [0.5, 0.6) is 0 Å². The minimum atomic E-state index is 0.573. The van der Waals surface area contributed by atoms with Crippen LogP contribution in [0, 0.1) is 0 Å². The Balaban J connectivity index is 1.77. The van der Waals surface area contributed by atoms with E-state index in [9.17, 15) is 0 Å². The van der Waals surface area contributed by atoms with Crippen molar-refractivity contribution in [2.45, 2.75) is 16.3 Å². The molecule has 0 saturated heterocycles. The summed E-state index contributed by atoms with van der Waals surface area (Å²) in [5.41, 5.74) is 4.30. The van der Waals surface area contributed by atoms with Crippen LogP contribution in [-0.2, 0) is 0 Å². The third-order valence-corrected chi connectivity index (χ3v) is 4.75. The van der Waals surface area contributed by atoms with Gasteiger partial charge in [0.1, 0.15) is 0 Å². The van der Waals surface area contributed by atoms with Gasteiger partial charge in [0.25, 0.3) is 0 Å². The van der Waals surface area contributed by atoms with Crippen molar-refractivity contribution in [1.29, 1.82) is 0 Å². The Morgan fingerprint density at radius 3 is 2.50 bits per heavy atom. The topological polar surface area (TPSA) is 0 Å². The predicted molar refractivity (Wildman–Crippen MR) is 86.0 cm³/mol. The second kappa shape index (κ2) is 5.27. The van der Waals surface area contributed by atoms with Crippen LogP contribution in [0.3, 0.4) is 0 Å². The summed E-state index contributed by atoms with van der Waals surface area (Å²) in [6.45, 7) is 0. The number of hydrogen-bond donors (Lipinski definition) is 0. The predicted octanol–water partition coefficient (Wildman–Crippen LogP) is 5.36. The maximum atomic E-state index is 2.56. The van der Waals surface area contributed by atoms with E-state index in [1.54, 1.807) is 0 Å². The smallest absolute Gasteiger partial charge is 0.0368 e. The number of fused-ring (bicyclic) bond motifs is 1. The lowest BCUT2D eigenvalue weighted by Gasteiger charge is -2.16. The first kappa shape index (κ1) is 12.0. The van der Waals surface area contributed by atoms with Crippen LogP contribution >= 0.6 is 22.6 Å². The fourth-order valence-corrected chi connectivity index (χ4v) is 3.51. The van der Waals surface area contributed by atoms with Crippen molar-refractivity contribution < 1.29 is 0 Å². The third-order valence-electron chi connectivity index (χ3n) is 3.53. The van der Waals surface area contributed by atoms with Crippen molar-refractivity contribution in [3.63, 3.8) is 0 Å². The van der Waals surface area contributed by atoms with Gasteiger partial charge in [0.2, 0.25) is 0 Å². The molecule has 0 radical (unpaired) electrons. The molecule has 2 atom stereocenters. The Morgan fingerprint density at radius 2 is 1.67 bits per heavy atom. The minimum absolute atomic E-state index is 0.573. The van der Waals surface area contributed by atoms with Gasteiger partial charge in [-0.2, -0.15) is 0 Å². The van der Waals surface area contributed by atoms with Gasteiger partial charge in [-0.1, -0.05) is 89.3 Å². The largest absolute Gasteiger partial charge is 0.0774 e. The van der Waals surface area contributed by atoms with Crippen molar-refractivity contribution in [2.24, 2.45) is 0 Å². The molecule has 0 aromatic heterocycles. The fourth-order valence-electron chi connectivity index (χ4n) is 2.55. The van der Waals surface area contributed by atoms with Crippen LogP contribution in [0.2, 0.25) is 0 Å². The Morgan fingerprint density at radius 1 is 0.944 bits per heavy atom. The number of halogens is 1. The van der Waals surface area contributed by atoms with Gasteiger partial charge in [-0.15, -0.1) is 0 Å². The van der Waals surface area contributed by atoms with Gasteiger partial charge < -0.3 is 0 Å². The van der Waals surface area contributed by atoms with Gasteiger partial charge in [0.05, 0.1) is 0 Å². The van der Waals surface area contributed by atoms with Crippen LogP contribution in [0.25, 0.3) is 6.08 Å². The molecule has 1 unspecified atom stereocenters. The van der Waals surface area contributed by atoms with E-state index in [4.69, 9.17) is 0 Å². The van der Waals surface area contributed by atoms with Crippen molar-refractivity contribution in [3.8, 4) is 0 Å². The average Bonchev–Trinajstić information content (AvgIpc) is 2.83. The lowest BCUT2D eigenvalue weighted by molar-refractivity contribution is 0.749. The zero-order valence-electron chi connectivity index (χ0n) is 10.1. The molecule has 18 heavy (non-hydrogen) atoms. The quantitative estimate of drug-likeness (QED) is 0.518. The number of alkyl halides is 1. The average molecular weight is 346 g/mol. The van der Waals surface area contributed by atoms with Gasteiger partial charge in [-0.3, -0.25) is 0 Å². The van der Waals surface area contributed by atoms with Gasteiger partial charge in [-0.05, 0) is 23.1 Å². The molecule has 2 aromatic rings. The monoisotopic (exact) mass is 346 g/mol. The molecule has 1 aliphatic carbocycles. The molecule has 3 rings (SSSR count). The first-order valence-electron chi connectivity index (χ1n) is 6.31. The second-order valence-corrected chi connectivity index (χ2v) is 6.21. The lowest BCUT2D eigenvalue weighted by atomic mass is 9.94. The highest BCUT2D eigenvalue weighted by molar-refractivity contribution is 14.1. The standard InChI is InChI=1S/C17H15I/c18-17(14-7-2-1-3-8-14)12-15-11-10-13-6-4-5-9-16(13)15/h1-11,15,17H,12H2/t15-,17?/m0/s1. The molecule has 0 N–H and O–H groups in total. The van der Waals surface area contributed by atoms with Crippen LogP contribution < -0.4 is 0 Å². The second-order valence-electron chi connectivity index (χ2n) is 4.71. The summed E-state index contributed by atoms with van der Waals surface area (Å²) in [5, 5.41) is 0. The molecule has 0 bridgehead atoms. The molecule has 0 amide bonds. The molecule has 0 fully saturated rings. The zero-order valence-corrected chi connectivity index (χ0v) is 12.2. The van der Waals surface area contributed by atoms with E-state index in [1.807, 2.05) is 0 Å². The highest BCUT2D eigenvalue weighted by Gasteiger charge is 2.20. The van der Waals surface area contributed by atoms with E-state index in [-0.39, 0.29) is 0 Å². The molecule has 90 valence electrons. The van der Waals surface area contributed by atoms with Crippen molar-refractivity contribution in [1.82, 2.24) is 0 Å². The maximum absolute atomic E-state index is 2.56. The molecule has 2 aromatic carbocycles. The maximum Gasteiger partial charge on any atom is 0.0368 e. The van der Waals surface area contributed by atoms with Crippen molar-refractivity contribution in [3.05, 3.63) is 77.4 Å². The van der Waals surface area contributed by atoms with E-state index in [2.05, 4.69) is 89.3 Å². The molecule has 0 aliphatic heterocycles. The highest BCUT2D eigenvalue weighted by atomic mass is 127. The van der Waals surface area contributed by atoms with Gasteiger partial charge in [0, 0.05) is 9.84 Å². The van der Waals surface area contributed by atoms with E-state index in [0.717, 1.165) is 0 Å². The summed E-state index contributed by atoms with van der Waals surface area (Å²) in [6, 6.07) is 19.5. The summed E-state index contributed by atoms with van der Waals surface area (Å²) < 4.78 is 0.574. The third kappa shape index (κ3) is 2.37. The Kier molecular flexibility index (Phi) is 3.50. The molecule has 0 nitrogen and oxygen atoms in total. The summed E-state index contributed by atoms with van der Waals surface area (Å²) in [4.78, 5) is 0. The minimum Gasteiger partial charge on any atom is -0.0774 e. The molecular formula is C17H15I. The number of benzene rings is 2. The normalized spacial score (nSPS) is 18.6. The van der Waals surface area contributed by atoms with E-state index >= 15 is 0 Å². The summed E-state index contributed by atoms with van der Waals surface area (Å²) in [5.74, 6) is 0.573. The molecule has 0 heterocycles. The lowest BCUT2D eigenvalue weighted by Crippen LogP contribution is -1.98. The van der Waals surface area contributed by atoms with E-state index in [1.165, 1.54) is 23.1 Å². The Labute approximate surface area is 122 Å². The van der Waals surface area contributed by atoms with Gasteiger partial charge in [-0.25, -0.2) is 0 Å². The highest BCUT2D eigenvalue weighted by Crippen LogP contribution is 2.39. The van der Waals surface area contributed by atoms with E-state index in [0.29, 0.717) is 9.84 Å². The summed E-state index contributed by atoms with van der Waals surface area (Å²) in [6.07, 6.45) is 5.78. The molecule has 1 heteroatoms. The van der Waals surface area contributed by atoms with Crippen LogP contribution in [0.1, 0.15) is 33.0 Å². The van der Waals surface area contributed by atoms with Crippen molar-refractivity contribution in [2.75, 3.05) is 0 Å². The zero-order chi connectivity index (χ0) is 12.4. The fraction of sp³-hybridized carbons (Fsp3) is 0.176. The van der Waals surface area contributed by atoms with Crippen LogP contribution in [0.4, 0.5) is 0 Å². The molecule has 1 aliphatic rings. The van der Waals surface area contributed by atoms with E-state index < -0.39 is 0 Å². The summed E-state index contributed by atoms with van der Waals surface area (Å²) in [7, 11) is 0. The molecule has 0 spiro atoms. The SMILES string of the molecule is IC(C[C@@H]1C=Cc2ccccc21)c1ccccc1. The van der Waals surface area contributed by atoms with Gasteiger partial charge in [0.15, 0.2) is 0 Å². The van der Waals surface area contributed by atoms with Gasteiger partial charge >= 0.3 is 0 Å². The number of allylic oxidation sites excluding steroid dienone is 1. The number of hydrogen-bond acceptors (Lipinski definition) is 0. The summed E-state index contributed by atoms with van der Waals surface area (Å²) >= 11 is 2.56. The van der Waals surface area contributed by atoms with Crippen LogP contribution in [0.15, 0.2) is 60.7 Å². The molecular weight excluding hydrogens is 331 g/mol. The number of rotatable bonds is 3.